The molecule has 3 aromatic rings. The van der Waals surface area contributed by atoms with Crippen molar-refractivity contribution in [3.8, 4) is 11.5 Å². The number of imide groups is 1. The molecule has 0 aromatic heterocycles. The van der Waals surface area contributed by atoms with Gasteiger partial charge in [-0.15, -0.1) is 0 Å². The number of aryl methyl sites for hydroxylation is 1. The second kappa shape index (κ2) is 11.7. The van der Waals surface area contributed by atoms with Crippen LogP contribution in [-0.4, -0.2) is 35.6 Å². The summed E-state index contributed by atoms with van der Waals surface area (Å²) in [5.41, 5.74) is 2.73. The van der Waals surface area contributed by atoms with Gasteiger partial charge < -0.3 is 14.8 Å². The molecule has 0 unspecified atom stereocenters. The van der Waals surface area contributed by atoms with E-state index in [2.05, 4.69) is 5.32 Å². The molecule has 4 rings (SSSR count). The Hall–Kier alpha value is -4.11. The summed E-state index contributed by atoms with van der Waals surface area (Å²) in [4.78, 5) is 38.8. The van der Waals surface area contributed by atoms with Crippen LogP contribution in [0.5, 0.6) is 11.5 Å². The highest BCUT2D eigenvalue weighted by molar-refractivity contribution is 8.18. The molecule has 0 radical (unpaired) electrons. The Morgan fingerprint density at radius 1 is 1.05 bits per heavy atom. The van der Waals surface area contributed by atoms with Crippen LogP contribution < -0.4 is 14.8 Å². The fourth-order valence-electron chi connectivity index (χ4n) is 3.62. The second-order valence-corrected chi connectivity index (χ2v) is 9.15. The van der Waals surface area contributed by atoms with E-state index in [-0.39, 0.29) is 23.9 Å². The number of rotatable bonds is 9. The van der Waals surface area contributed by atoms with Gasteiger partial charge in [-0.1, -0.05) is 43.3 Å². The van der Waals surface area contributed by atoms with Crippen molar-refractivity contribution in [2.24, 2.45) is 0 Å². The minimum atomic E-state index is -0.551. The summed E-state index contributed by atoms with van der Waals surface area (Å²) in [6.07, 6.45) is 2.43. The number of methoxy groups -OCH3 is 1. The average Bonchev–Trinajstić information content (AvgIpc) is 3.16. The van der Waals surface area contributed by atoms with Crippen molar-refractivity contribution >= 4 is 40.6 Å². The molecular weight excluding hydrogens is 495 g/mol. The molecule has 1 heterocycles. The summed E-state index contributed by atoms with van der Waals surface area (Å²) < 4.78 is 25.0. The number of benzene rings is 3. The molecule has 1 fully saturated rings. The van der Waals surface area contributed by atoms with Crippen LogP contribution in [0.2, 0.25) is 0 Å². The number of nitrogens with zero attached hydrogens (tertiary/aromatic N) is 1. The highest BCUT2D eigenvalue weighted by Crippen LogP contribution is 2.35. The standard InChI is InChI=1S/C28H25FN2O5S/c1-3-18-8-11-21(12-9-18)30-26(32)16-31-27(33)25(37-28(31)34)15-19-10-13-23(24(14-19)35-2)36-17-20-6-4-5-7-22(20)29/h4-15H,3,16-17H2,1-2H3,(H,30,32)/b25-15+. The fourth-order valence-corrected chi connectivity index (χ4v) is 4.46. The van der Waals surface area contributed by atoms with Gasteiger partial charge in [-0.3, -0.25) is 19.3 Å². The zero-order valence-electron chi connectivity index (χ0n) is 20.3. The van der Waals surface area contributed by atoms with Crippen molar-refractivity contribution in [3.05, 3.63) is 94.1 Å². The second-order valence-electron chi connectivity index (χ2n) is 8.16. The number of carbonyl (C=O) groups excluding carboxylic acids is 3. The maximum atomic E-state index is 13.9. The number of ether oxygens (including phenoxy) is 2. The van der Waals surface area contributed by atoms with Crippen LogP contribution in [0.25, 0.3) is 6.08 Å². The van der Waals surface area contributed by atoms with E-state index in [0.29, 0.717) is 28.3 Å². The van der Waals surface area contributed by atoms with Crippen molar-refractivity contribution in [2.75, 3.05) is 19.0 Å². The summed E-state index contributed by atoms with van der Waals surface area (Å²) in [5.74, 6) is -0.592. The van der Waals surface area contributed by atoms with Crippen molar-refractivity contribution < 1.29 is 28.2 Å². The molecule has 0 bridgehead atoms. The van der Waals surface area contributed by atoms with Crippen molar-refractivity contribution in [1.29, 1.82) is 0 Å². The number of anilines is 1. The largest absolute Gasteiger partial charge is 0.493 e. The van der Waals surface area contributed by atoms with Gasteiger partial charge in [0.2, 0.25) is 5.91 Å². The summed E-state index contributed by atoms with van der Waals surface area (Å²) in [7, 11) is 1.47. The zero-order valence-corrected chi connectivity index (χ0v) is 21.1. The van der Waals surface area contributed by atoms with Crippen LogP contribution in [0.15, 0.2) is 71.6 Å². The van der Waals surface area contributed by atoms with Crippen molar-refractivity contribution in [1.82, 2.24) is 4.90 Å². The first-order valence-corrected chi connectivity index (χ1v) is 12.4. The highest BCUT2D eigenvalue weighted by atomic mass is 32.2. The monoisotopic (exact) mass is 520 g/mol. The average molecular weight is 521 g/mol. The molecule has 0 atom stereocenters. The predicted octanol–water partition coefficient (Wildman–Crippen LogP) is 5.65. The summed E-state index contributed by atoms with van der Waals surface area (Å²) in [6, 6.07) is 18.7. The van der Waals surface area contributed by atoms with Crippen LogP contribution in [0.3, 0.4) is 0 Å². The number of hydrogen-bond donors (Lipinski definition) is 1. The first-order chi connectivity index (χ1) is 17.9. The number of carbonyl (C=O) groups is 3. The molecular formula is C28H25FN2O5S. The van der Waals surface area contributed by atoms with Crippen molar-refractivity contribution in [2.45, 2.75) is 20.0 Å². The third-order valence-electron chi connectivity index (χ3n) is 5.65. The Morgan fingerprint density at radius 3 is 2.51 bits per heavy atom. The predicted molar refractivity (Wildman–Crippen MR) is 141 cm³/mol. The van der Waals surface area contributed by atoms with Crippen LogP contribution >= 0.6 is 11.8 Å². The number of nitrogens with one attached hydrogen (secondary N) is 1. The van der Waals surface area contributed by atoms with E-state index < -0.39 is 17.1 Å². The molecule has 1 aliphatic heterocycles. The van der Waals surface area contributed by atoms with Crippen molar-refractivity contribution in [3.63, 3.8) is 0 Å². The smallest absolute Gasteiger partial charge is 0.294 e. The number of amides is 3. The van der Waals surface area contributed by atoms with Gasteiger partial charge in [0.05, 0.1) is 12.0 Å². The minimum absolute atomic E-state index is 0.0199. The van der Waals surface area contributed by atoms with Gasteiger partial charge in [0.25, 0.3) is 11.1 Å². The van der Waals surface area contributed by atoms with E-state index in [9.17, 15) is 18.8 Å². The molecule has 1 aliphatic rings. The lowest BCUT2D eigenvalue weighted by atomic mass is 10.1. The molecule has 3 aromatic carbocycles. The Morgan fingerprint density at radius 2 is 1.81 bits per heavy atom. The molecule has 3 amide bonds. The van der Waals surface area contributed by atoms with E-state index in [4.69, 9.17) is 9.47 Å². The van der Waals surface area contributed by atoms with Gasteiger partial charge in [-0.25, -0.2) is 4.39 Å². The first kappa shape index (κ1) is 26.0. The van der Waals surface area contributed by atoms with E-state index in [1.165, 1.54) is 13.2 Å². The molecule has 7 nitrogen and oxygen atoms in total. The fraction of sp³-hybridized carbons (Fsp3) is 0.179. The van der Waals surface area contributed by atoms with Crippen LogP contribution in [0, 0.1) is 5.82 Å². The van der Waals surface area contributed by atoms with Crippen LogP contribution in [0.1, 0.15) is 23.6 Å². The van der Waals surface area contributed by atoms with Gasteiger partial charge in [-0.2, -0.15) is 0 Å². The molecule has 1 saturated heterocycles. The van der Waals surface area contributed by atoms with E-state index in [1.54, 1.807) is 54.6 Å². The lowest BCUT2D eigenvalue weighted by Crippen LogP contribution is -2.36. The van der Waals surface area contributed by atoms with Gasteiger partial charge in [0.1, 0.15) is 19.0 Å². The van der Waals surface area contributed by atoms with Crippen LogP contribution in [-0.2, 0) is 22.6 Å². The van der Waals surface area contributed by atoms with E-state index >= 15 is 0 Å². The number of hydrogen-bond acceptors (Lipinski definition) is 6. The molecule has 9 heteroatoms. The van der Waals surface area contributed by atoms with Crippen LogP contribution in [0.4, 0.5) is 14.9 Å². The first-order valence-electron chi connectivity index (χ1n) is 11.6. The quantitative estimate of drug-likeness (QED) is 0.367. The molecule has 190 valence electrons. The Bertz CT molecular complexity index is 1360. The number of halogens is 1. The number of thioether (sulfide) groups is 1. The van der Waals surface area contributed by atoms with Gasteiger partial charge in [0.15, 0.2) is 11.5 Å². The summed E-state index contributed by atoms with van der Waals surface area (Å²) >= 11 is 0.761. The third kappa shape index (κ3) is 6.37. The Labute approximate surface area is 218 Å². The minimum Gasteiger partial charge on any atom is -0.493 e. The summed E-state index contributed by atoms with van der Waals surface area (Å²) in [6.45, 7) is 1.67. The molecule has 0 saturated carbocycles. The zero-order chi connectivity index (χ0) is 26.4. The maximum Gasteiger partial charge on any atom is 0.294 e. The Balaban J connectivity index is 1.41. The molecule has 37 heavy (non-hydrogen) atoms. The van der Waals surface area contributed by atoms with Gasteiger partial charge in [-0.05, 0) is 65.7 Å². The maximum absolute atomic E-state index is 13.9. The SMILES string of the molecule is CCc1ccc(NC(=O)CN2C(=O)S/C(=C/c3ccc(OCc4ccccc4F)c(OC)c3)C2=O)cc1. The molecule has 0 spiro atoms. The Kier molecular flexibility index (Phi) is 8.25. The highest BCUT2D eigenvalue weighted by Gasteiger charge is 2.36. The van der Waals surface area contributed by atoms with E-state index in [0.717, 1.165) is 28.6 Å². The van der Waals surface area contributed by atoms with Gasteiger partial charge in [0, 0.05) is 11.3 Å². The lowest BCUT2D eigenvalue weighted by molar-refractivity contribution is -0.127. The summed E-state index contributed by atoms with van der Waals surface area (Å²) in [5, 5.41) is 2.18. The topological polar surface area (TPSA) is 84.9 Å². The lowest BCUT2D eigenvalue weighted by Gasteiger charge is -2.13. The normalized spacial score (nSPS) is 14.2. The molecule has 1 N–H and O–H groups in total. The van der Waals surface area contributed by atoms with E-state index in [1.807, 2.05) is 19.1 Å². The van der Waals surface area contributed by atoms with Gasteiger partial charge >= 0.3 is 0 Å². The third-order valence-corrected chi connectivity index (χ3v) is 6.56. The molecule has 0 aliphatic carbocycles.